The van der Waals surface area contributed by atoms with Crippen molar-refractivity contribution < 1.29 is 41.2 Å². The van der Waals surface area contributed by atoms with E-state index >= 15 is 0 Å². The summed E-state index contributed by atoms with van der Waals surface area (Å²) in [6.07, 6.45) is 3.22. The number of pyridine rings is 1. The lowest BCUT2D eigenvalue weighted by Crippen LogP contribution is -2.67. The van der Waals surface area contributed by atoms with Gasteiger partial charge in [0.2, 0.25) is 0 Å². The minimum Gasteiger partial charge on any atom is -0.365 e. The third-order valence-electron chi connectivity index (χ3n) is 7.12. The molecule has 3 fully saturated rings. The number of halogens is 4. The fourth-order valence-corrected chi connectivity index (χ4v) is 5.41. The summed E-state index contributed by atoms with van der Waals surface area (Å²) in [5, 5.41) is 8.35. The molecule has 3 aliphatic rings. The van der Waals surface area contributed by atoms with E-state index in [0.29, 0.717) is 25.0 Å². The van der Waals surface area contributed by atoms with Gasteiger partial charge in [-0.2, -0.15) is 0 Å². The molecule has 1 spiro atoms. The van der Waals surface area contributed by atoms with E-state index in [4.69, 9.17) is 23.7 Å². The maximum atomic E-state index is 14.0. The van der Waals surface area contributed by atoms with E-state index in [1.807, 2.05) is 0 Å². The first-order valence-electron chi connectivity index (χ1n) is 12.6. The van der Waals surface area contributed by atoms with Crippen LogP contribution in [0, 0.1) is 23.3 Å². The van der Waals surface area contributed by atoms with Gasteiger partial charge in [-0.05, 0) is 44.0 Å². The van der Waals surface area contributed by atoms with E-state index in [0.717, 1.165) is 18.3 Å². The largest absolute Gasteiger partial charge is 0.365 e. The van der Waals surface area contributed by atoms with Crippen molar-refractivity contribution >= 4 is 0 Å². The second-order valence-electron chi connectivity index (χ2n) is 10.3. The number of ether oxygens (including phenoxy) is 5. The quantitative estimate of drug-likeness (QED) is 0.347. The predicted octanol–water partition coefficient (Wildman–Crippen LogP) is 4.08. The predicted molar refractivity (Wildman–Crippen MR) is 125 cm³/mol. The van der Waals surface area contributed by atoms with E-state index < -0.39 is 59.2 Å². The Balaban J connectivity index is 1.41. The van der Waals surface area contributed by atoms with E-state index in [-0.39, 0.29) is 24.5 Å². The average molecular weight is 551 g/mol. The van der Waals surface area contributed by atoms with Crippen molar-refractivity contribution in [1.82, 2.24) is 20.0 Å². The number of aromatic nitrogens is 4. The van der Waals surface area contributed by atoms with E-state index in [1.165, 1.54) is 23.1 Å². The molecular formula is C26H26F4N4O5. The van der Waals surface area contributed by atoms with Crippen molar-refractivity contribution in [2.75, 3.05) is 13.2 Å². The van der Waals surface area contributed by atoms with Crippen molar-refractivity contribution in [3.63, 3.8) is 0 Å². The lowest BCUT2D eigenvalue weighted by atomic mass is 9.87. The fourth-order valence-electron chi connectivity index (χ4n) is 5.41. The highest BCUT2D eigenvalue weighted by Gasteiger charge is 2.61. The van der Waals surface area contributed by atoms with Crippen LogP contribution in [0.5, 0.6) is 0 Å². The molecule has 39 heavy (non-hydrogen) atoms. The summed E-state index contributed by atoms with van der Waals surface area (Å²) in [5.74, 6) is -6.92. The van der Waals surface area contributed by atoms with E-state index in [1.54, 1.807) is 13.8 Å². The van der Waals surface area contributed by atoms with Gasteiger partial charge in [-0.15, -0.1) is 5.10 Å². The molecule has 5 atom stereocenters. The molecule has 1 aromatic carbocycles. The highest BCUT2D eigenvalue weighted by Crippen LogP contribution is 2.48. The lowest BCUT2D eigenvalue weighted by Gasteiger charge is -2.54. The molecule has 0 bridgehead atoms. The Morgan fingerprint density at radius 2 is 1.85 bits per heavy atom. The van der Waals surface area contributed by atoms with Crippen LogP contribution in [0.15, 0.2) is 36.8 Å². The maximum Gasteiger partial charge on any atom is 0.197 e. The molecule has 3 saturated heterocycles. The second kappa shape index (κ2) is 9.89. The van der Waals surface area contributed by atoms with Crippen LogP contribution in [-0.4, -0.2) is 63.1 Å². The molecule has 0 aliphatic carbocycles. The minimum atomic E-state index is -1.57. The van der Waals surface area contributed by atoms with Crippen molar-refractivity contribution in [2.24, 2.45) is 0 Å². The summed E-state index contributed by atoms with van der Waals surface area (Å²) in [7, 11) is 0. The SMILES string of the molecule is CC1(C)OC[C@H]2O[C@@]3(CCCO3)[C@H](OCc3cncc(F)c3)[C@@H](n3cc(-c4cc(F)c(F)c(F)c4)nn3)[C@H]2O1. The lowest BCUT2D eigenvalue weighted by molar-refractivity contribution is -0.404. The molecule has 208 valence electrons. The number of fused-ring (bicyclic) bond motifs is 1. The summed E-state index contributed by atoms with van der Waals surface area (Å²) >= 11 is 0. The first-order chi connectivity index (χ1) is 18.6. The smallest absolute Gasteiger partial charge is 0.197 e. The summed E-state index contributed by atoms with van der Waals surface area (Å²) in [4.78, 5) is 3.88. The Morgan fingerprint density at radius 3 is 2.56 bits per heavy atom. The minimum absolute atomic E-state index is 0.00428. The van der Waals surface area contributed by atoms with Crippen LogP contribution in [0.1, 0.15) is 38.3 Å². The van der Waals surface area contributed by atoms with Gasteiger partial charge in [-0.3, -0.25) is 4.98 Å². The molecule has 0 unspecified atom stereocenters. The molecule has 3 aliphatic heterocycles. The summed E-state index contributed by atoms with van der Waals surface area (Å²) in [6.45, 7) is 4.14. The maximum absolute atomic E-state index is 14.0. The zero-order valence-corrected chi connectivity index (χ0v) is 21.2. The Morgan fingerprint density at radius 1 is 1.05 bits per heavy atom. The van der Waals surface area contributed by atoms with Gasteiger partial charge in [-0.1, -0.05) is 5.21 Å². The molecule has 2 aromatic heterocycles. The van der Waals surface area contributed by atoms with E-state index in [2.05, 4.69) is 15.3 Å². The van der Waals surface area contributed by atoms with Gasteiger partial charge in [0.15, 0.2) is 29.0 Å². The zero-order chi connectivity index (χ0) is 27.4. The van der Waals surface area contributed by atoms with Crippen LogP contribution in [0.4, 0.5) is 17.6 Å². The Labute approximate surface area is 221 Å². The van der Waals surface area contributed by atoms with Crippen molar-refractivity contribution in [3.8, 4) is 11.3 Å². The van der Waals surface area contributed by atoms with Crippen molar-refractivity contribution in [2.45, 2.75) is 69.2 Å². The molecule has 0 radical (unpaired) electrons. The van der Waals surface area contributed by atoms with Gasteiger partial charge >= 0.3 is 0 Å². The third-order valence-corrected chi connectivity index (χ3v) is 7.12. The Kier molecular flexibility index (Phi) is 6.66. The monoisotopic (exact) mass is 550 g/mol. The first-order valence-corrected chi connectivity index (χ1v) is 12.6. The molecule has 0 saturated carbocycles. The standard InChI is InChI=1S/C26H26F4N4O5/c1-25(2)37-13-20-23(39-25)22(34-11-19(32-33-34)15-7-17(28)21(30)18(29)8-15)24(26(38-20)4-3-5-36-26)35-12-14-6-16(27)10-31-9-14/h6-11,20,22-24H,3-5,12-13H2,1-2H3/t20-,22+,23+,24-,26+/m1/s1. The molecule has 6 rings (SSSR count). The van der Waals surface area contributed by atoms with Gasteiger partial charge in [-0.25, -0.2) is 22.2 Å². The summed E-state index contributed by atoms with van der Waals surface area (Å²) in [6, 6.07) is 2.30. The summed E-state index contributed by atoms with van der Waals surface area (Å²) < 4.78 is 87.9. The Bertz CT molecular complexity index is 1340. The van der Waals surface area contributed by atoms with E-state index in [9.17, 15) is 17.6 Å². The molecule has 5 heterocycles. The number of benzene rings is 1. The number of hydrogen-bond donors (Lipinski definition) is 0. The molecule has 3 aromatic rings. The van der Waals surface area contributed by atoms with Gasteiger partial charge in [0.25, 0.3) is 0 Å². The molecule has 0 N–H and O–H groups in total. The molecule has 13 heteroatoms. The second-order valence-corrected chi connectivity index (χ2v) is 10.3. The number of rotatable bonds is 5. The van der Waals surface area contributed by atoms with Crippen LogP contribution < -0.4 is 0 Å². The highest BCUT2D eigenvalue weighted by atomic mass is 19.2. The number of nitrogens with zero attached hydrogens (tertiary/aromatic N) is 4. The fraction of sp³-hybridized carbons (Fsp3) is 0.500. The third kappa shape index (κ3) is 4.93. The van der Waals surface area contributed by atoms with Crippen LogP contribution in [0.25, 0.3) is 11.3 Å². The van der Waals surface area contributed by atoms with Crippen LogP contribution in [0.2, 0.25) is 0 Å². The normalized spacial score (nSPS) is 30.0. The van der Waals surface area contributed by atoms with Crippen LogP contribution in [0.3, 0.4) is 0 Å². The summed E-state index contributed by atoms with van der Waals surface area (Å²) in [5.41, 5.74) is 0.607. The van der Waals surface area contributed by atoms with Gasteiger partial charge in [0, 0.05) is 18.2 Å². The van der Waals surface area contributed by atoms with Crippen molar-refractivity contribution in [3.05, 3.63) is 65.6 Å². The van der Waals surface area contributed by atoms with Crippen molar-refractivity contribution in [1.29, 1.82) is 0 Å². The Hall–Kier alpha value is -2.97. The van der Waals surface area contributed by atoms with Crippen LogP contribution >= 0.6 is 0 Å². The highest BCUT2D eigenvalue weighted by molar-refractivity contribution is 5.58. The number of hydrogen-bond acceptors (Lipinski definition) is 8. The van der Waals surface area contributed by atoms with Gasteiger partial charge in [0.05, 0.1) is 32.2 Å². The average Bonchev–Trinajstić information content (AvgIpc) is 3.56. The van der Waals surface area contributed by atoms with Gasteiger partial charge < -0.3 is 23.7 Å². The van der Waals surface area contributed by atoms with Crippen LogP contribution in [-0.2, 0) is 30.3 Å². The van der Waals surface area contributed by atoms with Gasteiger partial charge in [0.1, 0.15) is 35.9 Å². The zero-order valence-electron chi connectivity index (χ0n) is 21.2. The molecule has 0 amide bonds. The first kappa shape index (κ1) is 26.3. The molecule has 9 nitrogen and oxygen atoms in total. The topological polar surface area (TPSA) is 89.8 Å². The molecular weight excluding hydrogens is 524 g/mol.